The highest BCUT2D eigenvalue weighted by molar-refractivity contribution is 5.90. The first kappa shape index (κ1) is 23.6. The highest BCUT2D eigenvalue weighted by Gasteiger charge is 2.72. The highest BCUT2D eigenvalue weighted by atomic mass is 19.3. The van der Waals surface area contributed by atoms with Crippen LogP contribution in [0.15, 0.2) is 48.5 Å². The van der Waals surface area contributed by atoms with E-state index in [1.54, 1.807) is 0 Å². The molecular weight excluding hydrogens is 450 g/mol. The minimum Gasteiger partial charge on any atom is -0.479 e. The molecule has 2 aromatic carbocycles. The van der Waals surface area contributed by atoms with Gasteiger partial charge >= 0.3 is 12.1 Å². The van der Waals surface area contributed by atoms with Gasteiger partial charge in [-0.1, -0.05) is 48.5 Å². The maximum absolute atomic E-state index is 14.1. The fourth-order valence-electron chi connectivity index (χ4n) is 4.35. The number of carboxylic acids is 1. The molecule has 1 saturated carbocycles. The van der Waals surface area contributed by atoms with E-state index < -0.39 is 54.4 Å². The number of aliphatic carboxylic acids is 1. The lowest BCUT2D eigenvalue weighted by Gasteiger charge is -2.23. The summed E-state index contributed by atoms with van der Waals surface area (Å²) in [6, 6.07) is 15.5. The SMILES string of the molecule is CC(CO)(NC(=O)C1C(CNC(=O)OCC2c3ccccc3-c3ccccc32)C1(F)F)C(=O)O. The molecule has 3 atom stereocenters. The van der Waals surface area contributed by atoms with Crippen molar-refractivity contribution in [3.8, 4) is 11.1 Å². The number of rotatable bonds is 8. The standard InChI is InChI=1S/C24H24F2N2O6/c1-23(12-29,21(31)32)28-20(30)19-18(24(19,25)26)10-27-22(33)34-11-17-15-8-4-2-6-13(15)14-7-3-5-9-16(14)17/h2-9,17-19,29H,10-12H2,1H3,(H,27,33)(H,28,30)(H,31,32). The lowest BCUT2D eigenvalue weighted by atomic mass is 9.98. The van der Waals surface area contributed by atoms with Crippen molar-refractivity contribution in [1.82, 2.24) is 10.6 Å². The Morgan fingerprint density at radius 3 is 2.15 bits per heavy atom. The van der Waals surface area contributed by atoms with Crippen LogP contribution in [0.1, 0.15) is 24.0 Å². The fraction of sp³-hybridized carbons (Fsp3) is 0.375. The zero-order valence-corrected chi connectivity index (χ0v) is 18.3. The van der Waals surface area contributed by atoms with Gasteiger partial charge in [-0.05, 0) is 29.2 Å². The number of hydrogen-bond acceptors (Lipinski definition) is 5. The van der Waals surface area contributed by atoms with Crippen molar-refractivity contribution < 1.29 is 38.1 Å². The predicted molar refractivity (Wildman–Crippen MR) is 116 cm³/mol. The van der Waals surface area contributed by atoms with Crippen molar-refractivity contribution in [2.45, 2.75) is 24.3 Å². The molecule has 1 fully saturated rings. The van der Waals surface area contributed by atoms with Gasteiger partial charge in [0, 0.05) is 12.5 Å². The first-order valence-electron chi connectivity index (χ1n) is 10.7. The number of amides is 2. The maximum atomic E-state index is 14.1. The molecule has 34 heavy (non-hydrogen) atoms. The molecule has 8 nitrogen and oxygen atoms in total. The van der Waals surface area contributed by atoms with Crippen LogP contribution in [-0.2, 0) is 14.3 Å². The van der Waals surface area contributed by atoms with Gasteiger partial charge in [-0.15, -0.1) is 0 Å². The Kier molecular flexibility index (Phi) is 6.03. The van der Waals surface area contributed by atoms with Crippen LogP contribution in [-0.4, -0.2) is 59.4 Å². The topological polar surface area (TPSA) is 125 Å². The van der Waals surface area contributed by atoms with Gasteiger partial charge in [0.25, 0.3) is 5.92 Å². The van der Waals surface area contributed by atoms with E-state index in [2.05, 4.69) is 5.32 Å². The molecule has 0 heterocycles. The second-order valence-electron chi connectivity index (χ2n) is 8.75. The van der Waals surface area contributed by atoms with Crippen LogP contribution in [0.2, 0.25) is 0 Å². The fourth-order valence-corrected chi connectivity index (χ4v) is 4.35. The Bertz CT molecular complexity index is 1090. The summed E-state index contributed by atoms with van der Waals surface area (Å²) in [6.07, 6.45) is -0.894. The summed E-state index contributed by atoms with van der Waals surface area (Å²) in [6.45, 7) is -0.463. The Morgan fingerprint density at radius 1 is 1.06 bits per heavy atom. The number of benzene rings is 2. The van der Waals surface area contributed by atoms with Crippen LogP contribution in [0.4, 0.5) is 13.6 Å². The van der Waals surface area contributed by atoms with E-state index in [4.69, 9.17) is 9.84 Å². The van der Waals surface area contributed by atoms with E-state index in [0.29, 0.717) is 0 Å². The minimum atomic E-state index is -3.42. The maximum Gasteiger partial charge on any atom is 0.407 e. The molecule has 4 N–H and O–H groups in total. The monoisotopic (exact) mass is 474 g/mol. The number of halogens is 2. The van der Waals surface area contributed by atoms with Gasteiger partial charge in [-0.3, -0.25) is 4.79 Å². The molecule has 10 heteroatoms. The number of aliphatic hydroxyl groups is 1. The minimum absolute atomic E-state index is 0.0122. The first-order chi connectivity index (χ1) is 16.1. The van der Waals surface area contributed by atoms with Gasteiger partial charge < -0.3 is 25.6 Å². The number of aliphatic hydroxyl groups excluding tert-OH is 1. The van der Waals surface area contributed by atoms with Crippen molar-refractivity contribution in [3.63, 3.8) is 0 Å². The van der Waals surface area contributed by atoms with Crippen LogP contribution in [0, 0.1) is 11.8 Å². The zero-order chi connectivity index (χ0) is 24.7. The van der Waals surface area contributed by atoms with Crippen molar-refractivity contribution in [2.75, 3.05) is 19.8 Å². The molecule has 0 saturated heterocycles. The molecule has 2 aliphatic rings. The molecule has 0 radical (unpaired) electrons. The van der Waals surface area contributed by atoms with E-state index in [9.17, 15) is 28.3 Å². The number of ether oxygens (including phenoxy) is 1. The molecule has 2 aromatic rings. The molecule has 3 unspecified atom stereocenters. The predicted octanol–water partition coefficient (Wildman–Crippen LogP) is 2.36. The summed E-state index contributed by atoms with van der Waals surface area (Å²) >= 11 is 0. The Morgan fingerprint density at radius 2 is 1.62 bits per heavy atom. The van der Waals surface area contributed by atoms with Gasteiger partial charge in [0.1, 0.15) is 12.5 Å². The second kappa shape index (κ2) is 8.68. The van der Waals surface area contributed by atoms with Gasteiger partial charge in [-0.2, -0.15) is 0 Å². The van der Waals surface area contributed by atoms with Gasteiger partial charge in [0.15, 0.2) is 5.54 Å². The molecule has 2 amide bonds. The van der Waals surface area contributed by atoms with Gasteiger partial charge in [0.05, 0.1) is 12.5 Å². The highest BCUT2D eigenvalue weighted by Crippen LogP contribution is 2.55. The number of hydrogen-bond donors (Lipinski definition) is 4. The molecular formula is C24H24F2N2O6. The Hall–Kier alpha value is -3.53. The average molecular weight is 474 g/mol. The van der Waals surface area contributed by atoms with Gasteiger partial charge in [0.2, 0.25) is 5.91 Å². The van der Waals surface area contributed by atoms with Crippen molar-refractivity contribution in [2.24, 2.45) is 11.8 Å². The van der Waals surface area contributed by atoms with E-state index in [-0.39, 0.29) is 12.5 Å². The molecule has 0 aromatic heterocycles. The smallest absolute Gasteiger partial charge is 0.407 e. The largest absolute Gasteiger partial charge is 0.479 e. The third-order valence-electron chi connectivity index (χ3n) is 6.48. The molecule has 0 spiro atoms. The summed E-state index contributed by atoms with van der Waals surface area (Å²) < 4.78 is 33.6. The van der Waals surface area contributed by atoms with Crippen molar-refractivity contribution >= 4 is 18.0 Å². The van der Waals surface area contributed by atoms with Crippen molar-refractivity contribution in [3.05, 3.63) is 59.7 Å². The number of carbonyl (C=O) groups is 3. The van der Waals surface area contributed by atoms with Crippen LogP contribution in [0.3, 0.4) is 0 Å². The van der Waals surface area contributed by atoms with Crippen LogP contribution in [0.25, 0.3) is 11.1 Å². The van der Waals surface area contributed by atoms with E-state index in [1.807, 2.05) is 53.8 Å². The number of alkyl halides is 2. The molecule has 0 aliphatic heterocycles. The molecule has 180 valence electrons. The van der Waals surface area contributed by atoms with Crippen LogP contribution in [0.5, 0.6) is 0 Å². The lowest BCUT2D eigenvalue weighted by molar-refractivity contribution is -0.149. The number of nitrogens with one attached hydrogen (secondary N) is 2. The second-order valence-corrected chi connectivity index (χ2v) is 8.75. The van der Waals surface area contributed by atoms with E-state index in [0.717, 1.165) is 29.2 Å². The third kappa shape index (κ3) is 4.09. The zero-order valence-electron chi connectivity index (χ0n) is 18.3. The molecule has 0 bridgehead atoms. The molecule has 2 aliphatic carbocycles. The quantitative estimate of drug-likeness (QED) is 0.466. The average Bonchev–Trinajstić information content (AvgIpc) is 3.22. The molecule has 4 rings (SSSR count). The van der Waals surface area contributed by atoms with Crippen LogP contribution >= 0.6 is 0 Å². The number of alkyl carbamates (subject to hydrolysis) is 1. The van der Waals surface area contributed by atoms with Gasteiger partial charge in [-0.25, -0.2) is 18.4 Å². The summed E-state index contributed by atoms with van der Waals surface area (Å²) in [5.41, 5.74) is 2.03. The van der Waals surface area contributed by atoms with E-state index in [1.165, 1.54) is 0 Å². The third-order valence-corrected chi connectivity index (χ3v) is 6.48. The summed E-state index contributed by atoms with van der Waals surface area (Å²) in [5.74, 6) is -9.69. The number of fused-ring (bicyclic) bond motifs is 3. The number of carbonyl (C=O) groups excluding carboxylic acids is 2. The van der Waals surface area contributed by atoms with Crippen LogP contribution < -0.4 is 10.6 Å². The summed E-state index contributed by atoms with van der Waals surface area (Å²) in [7, 11) is 0. The number of carboxylic acid groups (broad SMARTS) is 1. The Labute approximate surface area is 193 Å². The van der Waals surface area contributed by atoms with Crippen molar-refractivity contribution in [1.29, 1.82) is 0 Å². The van der Waals surface area contributed by atoms with E-state index >= 15 is 0 Å². The summed E-state index contributed by atoms with van der Waals surface area (Å²) in [5, 5.41) is 22.5. The Balaban J connectivity index is 1.33. The lowest BCUT2D eigenvalue weighted by Crippen LogP contribution is -2.55. The summed E-state index contributed by atoms with van der Waals surface area (Å²) in [4.78, 5) is 35.6. The normalized spacial score (nSPS) is 21.5. The first-order valence-corrected chi connectivity index (χ1v) is 10.7.